The molecule has 0 radical (unpaired) electrons. The smallest absolute Gasteiger partial charge is 0.196 e. The SMILES string of the molecule is Nc1scc(-c2ccccc2)c1C(=O)c1ccc2ccccc2c1. The zero-order chi connectivity index (χ0) is 16.5. The quantitative estimate of drug-likeness (QED) is 0.513. The zero-order valence-electron chi connectivity index (χ0n) is 12.9. The molecule has 2 nitrogen and oxygen atoms in total. The average Bonchev–Trinajstić information content (AvgIpc) is 3.03. The van der Waals surface area contributed by atoms with Crippen molar-refractivity contribution in [1.29, 1.82) is 0 Å². The maximum Gasteiger partial charge on any atom is 0.196 e. The molecule has 0 aliphatic rings. The van der Waals surface area contributed by atoms with Gasteiger partial charge in [-0.25, -0.2) is 0 Å². The molecule has 3 heteroatoms. The maximum absolute atomic E-state index is 13.1. The minimum absolute atomic E-state index is 0.0293. The Morgan fingerprint density at radius 2 is 1.54 bits per heavy atom. The minimum atomic E-state index is -0.0293. The second-order valence-electron chi connectivity index (χ2n) is 5.65. The molecule has 2 N–H and O–H groups in total. The van der Waals surface area contributed by atoms with Crippen LogP contribution in [0.2, 0.25) is 0 Å². The molecule has 0 unspecified atom stereocenters. The highest BCUT2D eigenvalue weighted by Gasteiger charge is 2.20. The van der Waals surface area contributed by atoms with Crippen LogP contribution in [0, 0.1) is 0 Å². The van der Waals surface area contributed by atoms with Gasteiger partial charge in [-0.3, -0.25) is 4.79 Å². The fraction of sp³-hybridized carbons (Fsp3) is 0. The van der Waals surface area contributed by atoms with Gasteiger partial charge in [0, 0.05) is 16.5 Å². The van der Waals surface area contributed by atoms with E-state index in [0.29, 0.717) is 16.1 Å². The molecule has 1 heterocycles. The first-order valence-corrected chi connectivity index (χ1v) is 8.58. The first-order chi connectivity index (χ1) is 11.7. The predicted molar refractivity (Wildman–Crippen MR) is 102 cm³/mol. The summed E-state index contributed by atoms with van der Waals surface area (Å²) in [6, 6.07) is 23.7. The summed E-state index contributed by atoms with van der Waals surface area (Å²) in [5.74, 6) is -0.0293. The van der Waals surface area contributed by atoms with E-state index in [0.717, 1.165) is 21.9 Å². The van der Waals surface area contributed by atoms with Crippen molar-refractivity contribution in [3.63, 3.8) is 0 Å². The fourth-order valence-electron chi connectivity index (χ4n) is 2.91. The molecule has 0 aliphatic heterocycles. The highest BCUT2D eigenvalue weighted by molar-refractivity contribution is 7.15. The lowest BCUT2D eigenvalue weighted by atomic mass is 9.96. The molecule has 0 fully saturated rings. The molecule has 4 rings (SSSR count). The molecule has 0 atom stereocenters. The third kappa shape index (κ3) is 2.49. The van der Waals surface area contributed by atoms with Crippen LogP contribution in [0.25, 0.3) is 21.9 Å². The number of carbonyl (C=O) groups excluding carboxylic acids is 1. The molecule has 24 heavy (non-hydrogen) atoms. The molecule has 0 amide bonds. The largest absolute Gasteiger partial charge is 0.390 e. The second-order valence-corrected chi connectivity index (χ2v) is 6.56. The van der Waals surface area contributed by atoms with Gasteiger partial charge in [0.1, 0.15) is 0 Å². The maximum atomic E-state index is 13.1. The Labute approximate surface area is 144 Å². The van der Waals surface area contributed by atoms with E-state index in [1.807, 2.05) is 78.2 Å². The number of hydrogen-bond acceptors (Lipinski definition) is 3. The topological polar surface area (TPSA) is 43.1 Å². The van der Waals surface area contributed by atoms with Crippen LogP contribution in [0.3, 0.4) is 0 Å². The van der Waals surface area contributed by atoms with E-state index in [-0.39, 0.29) is 5.78 Å². The number of nitrogen functional groups attached to an aromatic ring is 1. The Hall–Kier alpha value is -2.91. The van der Waals surface area contributed by atoms with Crippen molar-refractivity contribution in [3.05, 3.63) is 89.3 Å². The van der Waals surface area contributed by atoms with Gasteiger partial charge in [0.25, 0.3) is 0 Å². The molecule has 0 saturated carbocycles. The van der Waals surface area contributed by atoms with Crippen molar-refractivity contribution >= 4 is 32.9 Å². The molecule has 0 aliphatic carbocycles. The van der Waals surface area contributed by atoms with Crippen molar-refractivity contribution < 1.29 is 4.79 Å². The van der Waals surface area contributed by atoms with Crippen LogP contribution < -0.4 is 5.73 Å². The van der Waals surface area contributed by atoms with E-state index < -0.39 is 0 Å². The second kappa shape index (κ2) is 5.95. The first-order valence-electron chi connectivity index (χ1n) is 7.70. The van der Waals surface area contributed by atoms with Gasteiger partial charge in [-0.05, 0) is 22.4 Å². The van der Waals surface area contributed by atoms with Gasteiger partial charge >= 0.3 is 0 Å². The third-order valence-corrected chi connectivity index (χ3v) is 4.95. The Bertz CT molecular complexity index is 1030. The lowest BCUT2D eigenvalue weighted by Crippen LogP contribution is -2.04. The van der Waals surface area contributed by atoms with Crippen molar-refractivity contribution in [2.75, 3.05) is 5.73 Å². The Morgan fingerprint density at radius 3 is 2.33 bits per heavy atom. The summed E-state index contributed by atoms with van der Waals surface area (Å²) in [4.78, 5) is 13.1. The summed E-state index contributed by atoms with van der Waals surface area (Å²) in [5.41, 5.74) is 9.30. The normalized spacial score (nSPS) is 10.8. The van der Waals surface area contributed by atoms with Gasteiger partial charge in [0.05, 0.1) is 10.6 Å². The number of ketones is 1. The van der Waals surface area contributed by atoms with Crippen molar-refractivity contribution in [2.24, 2.45) is 0 Å². The minimum Gasteiger partial charge on any atom is -0.390 e. The zero-order valence-corrected chi connectivity index (χ0v) is 13.7. The lowest BCUT2D eigenvalue weighted by Gasteiger charge is -2.07. The number of benzene rings is 3. The van der Waals surface area contributed by atoms with E-state index in [2.05, 4.69) is 0 Å². The average molecular weight is 329 g/mol. The summed E-state index contributed by atoms with van der Waals surface area (Å²) in [6.07, 6.45) is 0. The number of carbonyl (C=O) groups is 1. The van der Waals surface area contributed by atoms with Crippen molar-refractivity contribution in [3.8, 4) is 11.1 Å². The van der Waals surface area contributed by atoms with E-state index in [4.69, 9.17) is 5.73 Å². The van der Waals surface area contributed by atoms with Gasteiger partial charge in [0.2, 0.25) is 0 Å². The summed E-state index contributed by atoms with van der Waals surface area (Å²) < 4.78 is 0. The number of nitrogens with two attached hydrogens (primary N) is 1. The number of anilines is 1. The summed E-state index contributed by atoms with van der Waals surface area (Å²) in [6.45, 7) is 0. The van der Waals surface area contributed by atoms with Crippen molar-refractivity contribution in [2.45, 2.75) is 0 Å². The van der Waals surface area contributed by atoms with Crippen LogP contribution in [0.5, 0.6) is 0 Å². The number of rotatable bonds is 3. The van der Waals surface area contributed by atoms with Gasteiger partial charge in [0.15, 0.2) is 5.78 Å². The van der Waals surface area contributed by atoms with E-state index in [9.17, 15) is 4.79 Å². The van der Waals surface area contributed by atoms with Crippen LogP contribution in [0.4, 0.5) is 5.00 Å². The highest BCUT2D eigenvalue weighted by atomic mass is 32.1. The highest BCUT2D eigenvalue weighted by Crippen LogP contribution is 2.35. The van der Waals surface area contributed by atoms with Gasteiger partial charge < -0.3 is 5.73 Å². The first kappa shape index (κ1) is 14.7. The molecule has 1 aromatic heterocycles. The molecular weight excluding hydrogens is 314 g/mol. The standard InChI is InChI=1S/C21H15NOS/c22-21-19(18(13-24-21)15-7-2-1-3-8-15)20(23)17-11-10-14-6-4-5-9-16(14)12-17/h1-13H,22H2. The van der Waals surface area contributed by atoms with Crippen LogP contribution in [0.15, 0.2) is 78.2 Å². The fourth-order valence-corrected chi connectivity index (χ4v) is 3.73. The van der Waals surface area contributed by atoms with Gasteiger partial charge in [-0.1, -0.05) is 66.7 Å². The molecule has 0 spiro atoms. The molecule has 0 saturated heterocycles. The molecule has 116 valence electrons. The van der Waals surface area contributed by atoms with Crippen LogP contribution in [0.1, 0.15) is 15.9 Å². The number of fused-ring (bicyclic) bond motifs is 1. The summed E-state index contributed by atoms with van der Waals surface area (Å²) in [5, 5.41) is 4.69. The number of thiophene rings is 1. The van der Waals surface area contributed by atoms with E-state index in [1.54, 1.807) is 0 Å². The third-order valence-electron chi connectivity index (χ3n) is 4.14. The predicted octanol–water partition coefficient (Wildman–Crippen LogP) is 5.38. The number of hydrogen-bond donors (Lipinski definition) is 1. The van der Waals surface area contributed by atoms with Crippen molar-refractivity contribution in [1.82, 2.24) is 0 Å². The molecule has 4 aromatic rings. The van der Waals surface area contributed by atoms with Gasteiger partial charge in [-0.2, -0.15) is 0 Å². The monoisotopic (exact) mass is 329 g/mol. The molecule has 3 aromatic carbocycles. The summed E-state index contributed by atoms with van der Waals surface area (Å²) in [7, 11) is 0. The molecule has 0 bridgehead atoms. The Balaban J connectivity index is 1.83. The van der Waals surface area contributed by atoms with Crippen LogP contribution in [-0.2, 0) is 0 Å². The van der Waals surface area contributed by atoms with Crippen LogP contribution in [-0.4, -0.2) is 5.78 Å². The van der Waals surface area contributed by atoms with E-state index in [1.165, 1.54) is 11.3 Å². The Kier molecular flexibility index (Phi) is 3.63. The van der Waals surface area contributed by atoms with E-state index >= 15 is 0 Å². The summed E-state index contributed by atoms with van der Waals surface area (Å²) >= 11 is 1.41. The molecular formula is C21H15NOS. The lowest BCUT2D eigenvalue weighted by molar-refractivity contribution is 0.104. The van der Waals surface area contributed by atoms with Gasteiger partial charge in [-0.15, -0.1) is 11.3 Å². The Morgan fingerprint density at radius 1 is 0.833 bits per heavy atom. The van der Waals surface area contributed by atoms with Crippen LogP contribution >= 0.6 is 11.3 Å².